The molecule has 0 fully saturated rings. The first kappa shape index (κ1) is 18.1. The predicted octanol–water partition coefficient (Wildman–Crippen LogP) is 5.44. The molecule has 0 radical (unpaired) electrons. The number of benzene rings is 2. The van der Waals surface area contributed by atoms with Crippen molar-refractivity contribution < 1.29 is 4.42 Å². The van der Waals surface area contributed by atoms with Crippen molar-refractivity contribution in [1.82, 2.24) is 19.9 Å². The zero-order valence-corrected chi connectivity index (χ0v) is 17.1. The molecule has 5 aromatic rings. The SMILES string of the molecule is c1ccc(-c2[nH]c3ccccc3c2CN2CCc3cnc(-c4ccco4)nc3C2)cc1. The molecule has 5 heteroatoms. The maximum Gasteiger partial charge on any atom is 0.195 e. The van der Waals surface area contributed by atoms with Gasteiger partial charge in [0, 0.05) is 36.7 Å². The molecule has 1 aliphatic rings. The van der Waals surface area contributed by atoms with E-state index in [2.05, 4.69) is 69.5 Å². The van der Waals surface area contributed by atoms with Crippen LogP contribution in [0.15, 0.2) is 83.6 Å². The molecule has 0 saturated heterocycles. The smallest absolute Gasteiger partial charge is 0.195 e. The van der Waals surface area contributed by atoms with Gasteiger partial charge in [-0.3, -0.25) is 4.90 Å². The fourth-order valence-electron chi connectivity index (χ4n) is 4.46. The highest BCUT2D eigenvalue weighted by molar-refractivity contribution is 5.90. The number of H-pyrrole nitrogens is 1. The van der Waals surface area contributed by atoms with E-state index in [-0.39, 0.29) is 0 Å². The fraction of sp³-hybridized carbons (Fsp3) is 0.154. The van der Waals surface area contributed by atoms with Gasteiger partial charge in [-0.15, -0.1) is 0 Å². The van der Waals surface area contributed by atoms with Crippen LogP contribution in [0.2, 0.25) is 0 Å². The summed E-state index contributed by atoms with van der Waals surface area (Å²) in [5.74, 6) is 1.37. The number of hydrogen-bond donors (Lipinski definition) is 1. The average molecular weight is 406 g/mol. The Labute approximate surface area is 180 Å². The lowest BCUT2D eigenvalue weighted by atomic mass is 10.0. The molecule has 0 bridgehead atoms. The molecule has 0 saturated carbocycles. The lowest BCUT2D eigenvalue weighted by Gasteiger charge is -2.28. The zero-order chi connectivity index (χ0) is 20.6. The Kier molecular flexibility index (Phi) is 4.39. The first-order valence-electron chi connectivity index (χ1n) is 10.6. The summed E-state index contributed by atoms with van der Waals surface area (Å²) in [7, 11) is 0. The number of hydrogen-bond acceptors (Lipinski definition) is 4. The van der Waals surface area contributed by atoms with Crippen LogP contribution in [0.4, 0.5) is 0 Å². The van der Waals surface area contributed by atoms with Gasteiger partial charge in [0.15, 0.2) is 11.6 Å². The minimum atomic E-state index is 0.655. The number of nitrogens with one attached hydrogen (secondary N) is 1. The number of aromatic amines is 1. The second kappa shape index (κ2) is 7.52. The molecule has 3 aromatic heterocycles. The molecule has 0 amide bonds. The highest BCUT2D eigenvalue weighted by atomic mass is 16.3. The van der Waals surface area contributed by atoms with Crippen molar-refractivity contribution in [2.75, 3.05) is 6.54 Å². The number of rotatable bonds is 4. The number of nitrogens with zero attached hydrogens (tertiary/aromatic N) is 3. The van der Waals surface area contributed by atoms with Crippen LogP contribution in [0, 0.1) is 0 Å². The maximum absolute atomic E-state index is 5.49. The van der Waals surface area contributed by atoms with Crippen molar-refractivity contribution in [3.05, 3.63) is 96.0 Å². The highest BCUT2D eigenvalue weighted by Gasteiger charge is 2.22. The fourth-order valence-corrected chi connectivity index (χ4v) is 4.46. The van der Waals surface area contributed by atoms with E-state index in [1.807, 2.05) is 18.3 Å². The van der Waals surface area contributed by atoms with Crippen LogP contribution in [0.3, 0.4) is 0 Å². The third kappa shape index (κ3) is 3.33. The molecule has 6 rings (SSSR count). The van der Waals surface area contributed by atoms with Gasteiger partial charge in [-0.25, -0.2) is 9.97 Å². The molecule has 2 aromatic carbocycles. The Morgan fingerprint density at radius 1 is 0.968 bits per heavy atom. The molecule has 152 valence electrons. The topological polar surface area (TPSA) is 58.0 Å². The molecule has 0 aliphatic carbocycles. The summed E-state index contributed by atoms with van der Waals surface area (Å²) in [5.41, 5.74) is 7.25. The zero-order valence-electron chi connectivity index (χ0n) is 17.1. The van der Waals surface area contributed by atoms with Gasteiger partial charge in [0.2, 0.25) is 0 Å². The minimum Gasteiger partial charge on any atom is -0.461 e. The Bertz CT molecular complexity index is 1340. The van der Waals surface area contributed by atoms with Gasteiger partial charge >= 0.3 is 0 Å². The highest BCUT2D eigenvalue weighted by Crippen LogP contribution is 2.32. The lowest BCUT2D eigenvalue weighted by molar-refractivity contribution is 0.242. The van der Waals surface area contributed by atoms with E-state index < -0.39 is 0 Å². The van der Waals surface area contributed by atoms with Crippen molar-refractivity contribution in [2.24, 2.45) is 0 Å². The van der Waals surface area contributed by atoms with Gasteiger partial charge in [0.05, 0.1) is 17.7 Å². The molecule has 0 unspecified atom stereocenters. The standard InChI is InChI=1S/C26H22N4O/c1-2-7-18(8-3-1)25-21(20-9-4-5-10-22(20)28-25)16-30-13-12-19-15-27-26(29-23(19)17-30)24-11-6-14-31-24/h1-11,14-15,28H,12-13,16-17H2. The van der Waals surface area contributed by atoms with Crippen molar-refractivity contribution in [3.8, 4) is 22.8 Å². The van der Waals surface area contributed by atoms with E-state index in [9.17, 15) is 0 Å². The van der Waals surface area contributed by atoms with Gasteiger partial charge in [-0.05, 0) is 41.3 Å². The molecule has 5 nitrogen and oxygen atoms in total. The van der Waals surface area contributed by atoms with Gasteiger partial charge in [0.25, 0.3) is 0 Å². The van der Waals surface area contributed by atoms with Crippen LogP contribution in [0.5, 0.6) is 0 Å². The van der Waals surface area contributed by atoms with Crippen LogP contribution >= 0.6 is 0 Å². The van der Waals surface area contributed by atoms with E-state index >= 15 is 0 Å². The minimum absolute atomic E-state index is 0.655. The largest absolute Gasteiger partial charge is 0.461 e. The van der Waals surface area contributed by atoms with E-state index in [4.69, 9.17) is 9.40 Å². The summed E-state index contributed by atoms with van der Waals surface area (Å²) in [6, 6.07) is 22.9. The number of fused-ring (bicyclic) bond motifs is 2. The number of aromatic nitrogens is 3. The Morgan fingerprint density at radius 3 is 2.71 bits per heavy atom. The number of para-hydroxylation sites is 1. The van der Waals surface area contributed by atoms with Gasteiger partial charge in [-0.2, -0.15) is 0 Å². The summed E-state index contributed by atoms with van der Waals surface area (Å²) in [6.07, 6.45) is 4.57. The first-order valence-corrected chi connectivity index (χ1v) is 10.6. The first-order chi connectivity index (χ1) is 15.3. The van der Waals surface area contributed by atoms with E-state index in [1.54, 1.807) is 6.26 Å². The predicted molar refractivity (Wildman–Crippen MR) is 121 cm³/mol. The Balaban J connectivity index is 1.35. The molecule has 31 heavy (non-hydrogen) atoms. The van der Waals surface area contributed by atoms with Crippen molar-refractivity contribution in [1.29, 1.82) is 0 Å². The van der Waals surface area contributed by atoms with Crippen LogP contribution in [-0.2, 0) is 19.5 Å². The molecular formula is C26H22N4O. The Morgan fingerprint density at radius 2 is 1.84 bits per heavy atom. The summed E-state index contributed by atoms with van der Waals surface area (Å²) in [6.45, 7) is 2.66. The number of furan rings is 1. The molecule has 1 N–H and O–H groups in total. The maximum atomic E-state index is 5.49. The Hall–Kier alpha value is -3.70. The van der Waals surface area contributed by atoms with Crippen molar-refractivity contribution >= 4 is 10.9 Å². The van der Waals surface area contributed by atoms with Crippen molar-refractivity contribution in [3.63, 3.8) is 0 Å². The molecule has 0 atom stereocenters. The molecular weight excluding hydrogens is 384 g/mol. The molecule has 4 heterocycles. The lowest BCUT2D eigenvalue weighted by Crippen LogP contribution is -2.31. The van der Waals surface area contributed by atoms with Crippen LogP contribution < -0.4 is 0 Å². The summed E-state index contributed by atoms with van der Waals surface area (Å²) in [4.78, 5) is 15.5. The third-order valence-electron chi connectivity index (χ3n) is 6.02. The van der Waals surface area contributed by atoms with Crippen LogP contribution in [0.1, 0.15) is 16.8 Å². The summed E-state index contributed by atoms with van der Waals surface area (Å²) < 4.78 is 5.49. The van der Waals surface area contributed by atoms with E-state index in [0.29, 0.717) is 11.6 Å². The van der Waals surface area contributed by atoms with Crippen LogP contribution in [0.25, 0.3) is 33.7 Å². The second-order valence-electron chi connectivity index (χ2n) is 7.99. The average Bonchev–Trinajstić information content (AvgIpc) is 3.48. The van der Waals surface area contributed by atoms with E-state index in [1.165, 1.54) is 33.3 Å². The van der Waals surface area contributed by atoms with Gasteiger partial charge in [-0.1, -0.05) is 48.5 Å². The van der Waals surface area contributed by atoms with Crippen LogP contribution in [-0.4, -0.2) is 26.4 Å². The molecule has 1 aliphatic heterocycles. The third-order valence-corrected chi connectivity index (χ3v) is 6.02. The molecule has 0 spiro atoms. The summed E-state index contributed by atoms with van der Waals surface area (Å²) in [5, 5.41) is 1.28. The summed E-state index contributed by atoms with van der Waals surface area (Å²) >= 11 is 0. The second-order valence-corrected chi connectivity index (χ2v) is 7.99. The van der Waals surface area contributed by atoms with E-state index in [0.717, 1.165) is 31.7 Å². The monoisotopic (exact) mass is 406 g/mol. The van der Waals surface area contributed by atoms with Crippen molar-refractivity contribution in [2.45, 2.75) is 19.5 Å². The normalized spacial score (nSPS) is 14.1. The van der Waals surface area contributed by atoms with Gasteiger partial charge < -0.3 is 9.40 Å². The quantitative estimate of drug-likeness (QED) is 0.432. The van der Waals surface area contributed by atoms with Gasteiger partial charge in [0.1, 0.15) is 0 Å².